The number of nitrogens with one attached hydrogen (secondary N) is 1. The quantitative estimate of drug-likeness (QED) is 0.745. The Kier molecular flexibility index (Phi) is 3.13. The molecule has 0 bridgehead atoms. The number of nitrogens with zero attached hydrogens (tertiary/aromatic N) is 1. The first-order valence-corrected chi connectivity index (χ1v) is 8.09. The summed E-state index contributed by atoms with van der Waals surface area (Å²) in [6.45, 7) is 0.180. The van der Waals surface area contributed by atoms with Crippen molar-refractivity contribution in [3.05, 3.63) is 0 Å². The van der Waals surface area contributed by atoms with Crippen molar-refractivity contribution in [1.29, 1.82) is 0 Å². The van der Waals surface area contributed by atoms with Crippen LogP contribution < -0.4 is 5.32 Å². The molecule has 5 nitrogen and oxygen atoms in total. The molecule has 2 amide bonds. The second kappa shape index (κ2) is 4.64. The van der Waals surface area contributed by atoms with Gasteiger partial charge in [0.15, 0.2) is 0 Å². The molecular formula is C12H18N2O3S. The van der Waals surface area contributed by atoms with E-state index in [-0.39, 0.29) is 30.4 Å². The summed E-state index contributed by atoms with van der Waals surface area (Å²) in [6.07, 6.45) is 3.62. The molecule has 100 valence electrons. The van der Waals surface area contributed by atoms with Gasteiger partial charge in [0, 0.05) is 28.3 Å². The van der Waals surface area contributed by atoms with Crippen LogP contribution >= 0.6 is 0 Å². The molecule has 1 N–H and O–H groups in total. The Morgan fingerprint density at radius 3 is 2.39 bits per heavy atom. The van der Waals surface area contributed by atoms with E-state index in [9.17, 15) is 13.8 Å². The van der Waals surface area contributed by atoms with Gasteiger partial charge in [0.2, 0.25) is 11.8 Å². The van der Waals surface area contributed by atoms with Crippen LogP contribution in [0.1, 0.15) is 25.7 Å². The second-order valence-corrected chi connectivity index (χ2v) is 7.12. The van der Waals surface area contributed by atoms with E-state index >= 15 is 0 Å². The van der Waals surface area contributed by atoms with Gasteiger partial charge < -0.3 is 10.2 Å². The zero-order chi connectivity index (χ0) is 12.7. The van der Waals surface area contributed by atoms with Crippen molar-refractivity contribution in [3.63, 3.8) is 0 Å². The highest BCUT2D eigenvalue weighted by Crippen LogP contribution is 2.35. The summed E-state index contributed by atoms with van der Waals surface area (Å²) in [5.74, 6) is 1.70. The SMILES string of the molecule is O=C1CN(C2CCS(=O)CC2)C(=O)C(C2CC2)N1. The molecule has 18 heavy (non-hydrogen) atoms. The first kappa shape index (κ1) is 12.1. The number of carbonyl (C=O) groups is 2. The second-order valence-electron chi connectivity index (χ2n) is 5.43. The number of carbonyl (C=O) groups excluding carboxylic acids is 2. The van der Waals surface area contributed by atoms with E-state index in [1.165, 1.54) is 0 Å². The van der Waals surface area contributed by atoms with Crippen LogP contribution in [0.3, 0.4) is 0 Å². The van der Waals surface area contributed by atoms with Crippen molar-refractivity contribution in [2.45, 2.75) is 37.8 Å². The lowest BCUT2D eigenvalue weighted by molar-refractivity contribution is -0.147. The largest absolute Gasteiger partial charge is 0.342 e. The van der Waals surface area contributed by atoms with Crippen LogP contribution in [0.2, 0.25) is 0 Å². The molecule has 0 radical (unpaired) electrons. The lowest BCUT2D eigenvalue weighted by Crippen LogP contribution is -2.62. The molecule has 3 rings (SSSR count). The van der Waals surface area contributed by atoms with Crippen molar-refractivity contribution in [3.8, 4) is 0 Å². The predicted molar refractivity (Wildman–Crippen MR) is 67.3 cm³/mol. The first-order chi connectivity index (χ1) is 8.65. The van der Waals surface area contributed by atoms with Crippen molar-refractivity contribution in [1.82, 2.24) is 10.2 Å². The van der Waals surface area contributed by atoms with Crippen molar-refractivity contribution < 1.29 is 13.8 Å². The van der Waals surface area contributed by atoms with Crippen LogP contribution in [0.15, 0.2) is 0 Å². The van der Waals surface area contributed by atoms with Gasteiger partial charge in [-0.15, -0.1) is 0 Å². The van der Waals surface area contributed by atoms with Crippen LogP contribution in [-0.4, -0.2) is 51.1 Å². The van der Waals surface area contributed by atoms with Gasteiger partial charge in [0.05, 0.1) is 6.54 Å². The molecule has 1 aliphatic carbocycles. The Labute approximate surface area is 109 Å². The van der Waals surface area contributed by atoms with Gasteiger partial charge >= 0.3 is 0 Å². The van der Waals surface area contributed by atoms with Gasteiger partial charge in [-0.2, -0.15) is 0 Å². The normalized spacial score (nSPS) is 37.6. The van der Waals surface area contributed by atoms with Crippen molar-refractivity contribution >= 4 is 22.6 Å². The molecule has 3 fully saturated rings. The number of hydrogen-bond acceptors (Lipinski definition) is 3. The highest BCUT2D eigenvalue weighted by Gasteiger charge is 2.44. The summed E-state index contributed by atoms with van der Waals surface area (Å²) >= 11 is 0. The smallest absolute Gasteiger partial charge is 0.246 e. The Bertz CT molecular complexity index is 398. The van der Waals surface area contributed by atoms with Gasteiger partial charge in [-0.1, -0.05) is 0 Å². The van der Waals surface area contributed by atoms with Crippen LogP contribution in [0, 0.1) is 5.92 Å². The van der Waals surface area contributed by atoms with E-state index in [1.54, 1.807) is 4.90 Å². The summed E-state index contributed by atoms with van der Waals surface area (Å²) in [7, 11) is -0.729. The fraction of sp³-hybridized carbons (Fsp3) is 0.833. The van der Waals surface area contributed by atoms with Gasteiger partial charge in [0.1, 0.15) is 6.04 Å². The van der Waals surface area contributed by atoms with E-state index in [1.807, 2.05) is 0 Å². The Hall–Kier alpha value is -0.910. The molecule has 0 aromatic rings. The van der Waals surface area contributed by atoms with Crippen LogP contribution in [0.5, 0.6) is 0 Å². The summed E-state index contributed by atoms with van der Waals surface area (Å²) in [6, 6.07) is -0.179. The van der Waals surface area contributed by atoms with Crippen LogP contribution in [0.25, 0.3) is 0 Å². The average Bonchev–Trinajstić information content (AvgIpc) is 3.17. The summed E-state index contributed by atoms with van der Waals surface area (Å²) in [5.41, 5.74) is 0. The lowest BCUT2D eigenvalue weighted by Gasteiger charge is -2.39. The molecule has 1 atom stereocenters. The summed E-state index contributed by atoms with van der Waals surface area (Å²) in [5, 5.41) is 2.82. The molecule has 3 aliphatic rings. The maximum absolute atomic E-state index is 12.4. The van der Waals surface area contributed by atoms with Gasteiger partial charge in [-0.3, -0.25) is 13.8 Å². The standard InChI is InChI=1S/C12H18N2O3S/c15-10-7-14(9-3-5-18(17)6-4-9)12(16)11(13-10)8-1-2-8/h8-9,11H,1-7H2,(H,13,15). The lowest BCUT2D eigenvalue weighted by atomic mass is 10.0. The third-order valence-corrected chi connectivity index (χ3v) is 5.45. The van der Waals surface area contributed by atoms with Gasteiger partial charge in [-0.05, 0) is 31.6 Å². The Morgan fingerprint density at radius 1 is 1.11 bits per heavy atom. The van der Waals surface area contributed by atoms with E-state index in [0.717, 1.165) is 25.7 Å². The maximum atomic E-state index is 12.4. The number of piperazine rings is 1. The van der Waals surface area contributed by atoms with Crippen molar-refractivity contribution in [2.24, 2.45) is 5.92 Å². The number of rotatable bonds is 2. The van der Waals surface area contributed by atoms with E-state index in [4.69, 9.17) is 0 Å². The molecule has 2 aliphatic heterocycles. The third-order valence-electron chi connectivity index (χ3n) is 4.07. The minimum Gasteiger partial charge on any atom is -0.342 e. The Morgan fingerprint density at radius 2 is 1.78 bits per heavy atom. The molecule has 0 spiro atoms. The fourth-order valence-corrected chi connectivity index (χ4v) is 4.12. The van der Waals surface area contributed by atoms with Gasteiger partial charge in [0.25, 0.3) is 0 Å². The fourth-order valence-electron chi connectivity index (χ4n) is 2.84. The zero-order valence-corrected chi connectivity index (χ0v) is 11.1. The highest BCUT2D eigenvalue weighted by atomic mass is 32.2. The summed E-state index contributed by atoms with van der Waals surface area (Å²) < 4.78 is 11.3. The third kappa shape index (κ3) is 2.30. The van der Waals surface area contributed by atoms with Crippen molar-refractivity contribution in [2.75, 3.05) is 18.1 Å². The molecule has 1 saturated carbocycles. The molecule has 6 heteroatoms. The highest BCUT2D eigenvalue weighted by molar-refractivity contribution is 7.85. The van der Waals surface area contributed by atoms with E-state index < -0.39 is 10.8 Å². The molecule has 0 aromatic heterocycles. The monoisotopic (exact) mass is 270 g/mol. The minimum atomic E-state index is -0.729. The minimum absolute atomic E-state index is 0.0433. The van der Waals surface area contributed by atoms with Gasteiger partial charge in [-0.25, -0.2) is 0 Å². The molecular weight excluding hydrogens is 252 g/mol. The van der Waals surface area contributed by atoms with E-state index in [2.05, 4.69) is 5.32 Å². The topological polar surface area (TPSA) is 66.5 Å². The molecule has 1 unspecified atom stereocenters. The summed E-state index contributed by atoms with van der Waals surface area (Å²) in [4.78, 5) is 25.8. The number of hydrogen-bond donors (Lipinski definition) is 1. The Balaban J connectivity index is 1.71. The van der Waals surface area contributed by atoms with Crippen LogP contribution in [-0.2, 0) is 20.4 Å². The van der Waals surface area contributed by atoms with E-state index in [0.29, 0.717) is 17.4 Å². The first-order valence-electron chi connectivity index (χ1n) is 6.60. The average molecular weight is 270 g/mol. The molecule has 0 aromatic carbocycles. The predicted octanol–water partition coefficient (Wildman–Crippen LogP) is -0.365. The number of amides is 2. The molecule has 2 heterocycles. The maximum Gasteiger partial charge on any atom is 0.246 e. The molecule has 2 saturated heterocycles. The zero-order valence-electron chi connectivity index (χ0n) is 10.3. The van der Waals surface area contributed by atoms with Crippen LogP contribution in [0.4, 0.5) is 0 Å².